The van der Waals surface area contributed by atoms with Crippen LogP contribution in [0, 0.1) is 0 Å². The van der Waals surface area contributed by atoms with Crippen LogP contribution in [0.3, 0.4) is 0 Å². The summed E-state index contributed by atoms with van der Waals surface area (Å²) in [7, 11) is 4.08. The number of benzene rings is 1. The lowest BCUT2D eigenvalue weighted by atomic mass is 10.2. The number of hydrogen-bond acceptors (Lipinski definition) is 4. The van der Waals surface area contributed by atoms with E-state index in [0.717, 1.165) is 13.1 Å². The van der Waals surface area contributed by atoms with Crippen molar-refractivity contribution < 1.29 is 4.79 Å². The highest BCUT2D eigenvalue weighted by Crippen LogP contribution is 2.38. The third-order valence-corrected chi connectivity index (χ3v) is 5.16. The molecule has 0 aliphatic carbocycles. The second-order valence-electron chi connectivity index (χ2n) is 4.83. The maximum Gasteiger partial charge on any atom is 0.233 e. The smallest absolute Gasteiger partial charge is 0.233 e. The highest BCUT2D eigenvalue weighted by molar-refractivity contribution is 8.00. The molecule has 5 heteroatoms. The normalized spacial score (nSPS) is 19.5. The molecule has 1 atom stereocenters. The molecule has 1 aliphatic heterocycles. The van der Waals surface area contributed by atoms with Crippen molar-refractivity contribution in [2.75, 3.05) is 39.2 Å². The van der Waals surface area contributed by atoms with E-state index in [1.807, 2.05) is 19.0 Å². The minimum Gasteiger partial charge on any atom is -0.325 e. The van der Waals surface area contributed by atoms with Crippen molar-refractivity contribution in [3.8, 4) is 0 Å². The van der Waals surface area contributed by atoms with Gasteiger partial charge in [0.25, 0.3) is 0 Å². The molecule has 0 bridgehead atoms. The summed E-state index contributed by atoms with van der Waals surface area (Å²) in [6.07, 6.45) is 2.08. The summed E-state index contributed by atoms with van der Waals surface area (Å²) in [5, 5.41) is 0.184. The van der Waals surface area contributed by atoms with Gasteiger partial charge in [-0.1, -0.05) is 12.1 Å². The fourth-order valence-electron chi connectivity index (χ4n) is 2.05. The zero-order valence-corrected chi connectivity index (χ0v) is 13.3. The zero-order valence-electron chi connectivity index (χ0n) is 11.6. The number of carbonyl (C=O) groups excluding carboxylic acids is 1. The van der Waals surface area contributed by atoms with E-state index in [1.54, 1.807) is 23.5 Å². The van der Waals surface area contributed by atoms with Crippen LogP contribution in [0.4, 0.5) is 0 Å². The van der Waals surface area contributed by atoms with Gasteiger partial charge in [-0.2, -0.15) is 0 Å². The van der Waals surface area contributed by atoms with Crippen LogP contribution in [0.1, 0.15) is 10.9 Å². The first-order valence-corrected chi connectivity index (χ1v) is 8.59. The molecular formula is C14H20N2OS2. The number of thioether (sulfide) groups is 2. The van der Waals surface area contributed by atoms with Gasteiger partial charge in [-0.05, 0) is 38.0 Å². The van der Waals surface area contributed by atoms with Crippen LogP contribution in [0.15, 0.2) is 29.2 Å². The SMILES string of the molecule is CSc1ccc(C2SCC(=O)N2CCN(C)C)cc1. The molecule has 1 aromatic carbocycles. The van der Waals surface area contributed by atoms with E-state index in [2.05, 4.69) is 35.4 Å². The van der Waals surface area contributed by atoms with Gasteiger partial charge >= 0.3 is 0 Å². The topological polar surface area (TPSA) is 23.6 Å². The highest BCUT2D eigenvalue weighted by Gasteiger charge is 2.32. The number of likely N-dealkylation sites (N-methyl/N-ethyl adjacent to an activating group) is 1. The van der Waals surface area contributed by atoms with Gasteiger partial charge < -0.3 is 9.80 Å². The predicted molar refractivity (Wildman–Crippen MR) is 83.7 cm³/mol. The Morgan fingerprint density at radius 2 is 2.05 bits per heavy atom. The molecule has 1 amide bonds. The zero-order chi connectivity index (χ0) is 13.8. The lowest BCUT2D eigenvalue weighted by molar-refractivity contribution is -0.128. The molecular weight excluding hydrogens is 276 g/mol. The van der Waals surface area contributed by atoms with Gasteiger partial charge in [-0.25, -0.2) is 0 Å². The Labute approximate surface area is 123 Å². The van der Waals surface area contributed by atoms with E-state index in [9.17, 15) is 4.79 Å². The van der Waals surface area contributed by atoms with Crippen LogP contribution >= 0.6 is 23.5 Å². The maximum atomic E-state index is 12.0. The Balaban J connectivity index is 2.10. The Bertz CT molecular complexity index is 434. The summed E-state index contributed by atoms with van der Waals surface area (Å²) in [6.45, 7) is 1.71. The number of nitrogens with zero attached hydrogens (tertiary/aromatic N) is 2. The number of amides is 1. The third kappa shape index (κ3) is 3.68. The van der Waals surface area contributed by atoms with Gasteiger partial charge in [0.2, 0.25) is 5.91 Å². The Morgan fingerprint density at radius 3 is 2.63 bits per heavy atom. The molecule has 104 valence electrons. The molecule has 0 saturated carbocycles. The number of hydrogen-bond donors (Lipinski definition) is 0. The predicted octanol–water partition coefficient (Wildman–Crippen LogP) is 2.54. The lowest BCUT2D eigenvalue weighted by Gasteiger charge is -2.25. The highest BCUT2D eigenvalue weighted by atomic mass is 32.2. The Hall–Kier alpha value is -0.650. The summed E-state index contributed by atoms with van der Waals surface area (Å²) in [5.41, 5.74) is 1.23. The summed E-state index contributed by atoms with van der Waals surface area (Å²) in [5.74, 6) is 0.855. The van der Waals surface area contributed by atoms with Gasteiger partial charge in [0.05, 0.1) is 5.75 Å². The van der Waals surface area contributed by atoms with Crippen molar-refractivity contribution in [1.29, 1.82) is 0 Å². The molecule has 2 rings (SSSR count). The van der Waals surface area contributed by atoms with Crippen LogP contribution in [0.5, 0.6) is 0 Å². The van der Waals surface area contributed by atoms with Crippen LogP contribution in [-0.2, 0) is 4.79 Å². The van der Waals surface area contributed by atoms with Crippen LogP contribution in [0.2, 0.25) is 0 Å². The van der Waals surface area contributed by atoms with Crippen LogP contribution in [-0.4, -0.2) is 54.9 Å². The Kier molecular flexibility index (Phi) is 5.19. The van der Waals surface area contributed by atoms with E-state index in [4.69, 9.17) is 0 Å². The quantitative estimate of drug-likeness (QED) is 0.779. The molecule has 1 aliphatic rings. The van der Waals surface area contributed by atoms with Gasteiger partial charge in [0, 0.05) is 18.0 Å². The van der Waals surface area contributed by atoms with Crippen molar-refractivity contribution in [2.24, 2.45) is 0 Å². The first kappa shape index (κ1) is 14.8. The van der Waals surface area contributed by atoms with Gasteiger partial charge in [-0.3, -0.25) is 4.79 Å². The standard InChI is InChI=1S/C14H20N2OS2/c1-15(2)8-9-16-13(17)10-19-14(16)11-4-6-12(18-3)7-5-11/h4-7,14H,8-10H2,1-3H3. The van der Waals surface area contributed by atoms with Crippen molar-refractivity contribution in [3.63, 3.8) is 0 Å². The van der Waals surface area contributed by atoms with Crippen molar-refractivity contribution in [3.05, 3.63) is 29.8 Å². The van der Waals surface area contributed by atoms with Crippen molar-refractivity contribution >= 4 is 29.4 Å². The van der Waals surface area contributed by atoms with E-state index in [1.165, 1.54) is 10.5 Å². The largest absolute Gasteiger partial charge is 0.325 e. The Morgan fingerprint density at radius 1 is 1.37 bits per heavy atom. The number of carbonyl (C=O) groups is 1. The van der Waals surface area contributed by atoms with Crippen molar-refractivity contribution in [2.45, 2.75) is 10.3 Å². The molecule has 0 N–H and O–H groups in total. The maximum absolute atomic E-state index is 12.0. The first-order chi connectivity index (χ1) is 9.11. The number of rotatable bonds is 5. The minimum absolute atomic E-state index is 0.184. The van der Waals surface area contributed by atoms with E-state index < -0.39 is 0 Å². The molecule has 0 radical (unpaired) electrons. The van der Waals surface area contributed by atoms with E-state index in [0.29, 0.717) is 5.75 Å². The van der Waals surface area contributed by atoms with E-state index >= 15 is 0 Å². The molecule has 1 heterocycles. The molecule has 1 fully saturated rings. The summed E-state index contributed by atoms with van der Waals surface area (Å²) < 4.78 is 0. The monoisotopic (exact) mass is 296 g/mol. The molecule has 1 saturated heterocycles. The van der Waals surface area contributed by atoms with Crippen molar-refractivity contribution in [1.82, 2.24) is 9.80 Å². The second kappa shape index (κ2) is 6.68. The molecule has 0 aromatic heterocycles. The fraction of sp³-hybridized carbons (Fsp3) is 0.500. The van der Waals surface area contributed by atoms with Crippen LogP contribution in [0.25, 0.3) is 0 Å². The van der Waals surface area contributed by atoms with Gasteiger partial charge in [0.15, 0.2) is 0 Å². The first-order valence-electron chi connectivity index (χ1n) is 6.31. The summed E-state index contributed by atoms with van der Waals surface area (Å²) in [4.78, 5) is 17.4. The van der Waals surface area contributed by atoms with Crippen LogP contribution < -0.4 is 0 Å². The molecule has 19 heavy (non-hydrogen) atoms. The molecule has 1 aromatic rings. The molecule has 3 nitrogen and oxygen atoms in total. The molecule has 1 unspecified atom stereocenters. The average Bonchev–Trinajstić information content (AvgIpc) is 2.78. The fourth-order valence-corrected chi connectivity index (χ4v) is 3.68. The summed E-state index contributed by atoms with van der Waals surface area (Å²) >= 11 is 3.47. The average molecular weight is 296 g/mol. The molecule has 0 spiro atoms. The van der Waals surface area contributed by atoms with Gasteiger partial charge in [-0.15, -0.1) is 23.5 Å². The minimum atomic E-state index is 0.184. The summed E-state index contributed by atoms with van der Waals surface area (Å²) in [6, 6.07) is 8.55. The third-order valence-electron chi connectivity index (χ3n) is 3.16. The van der Waals surface area contributed by atoms with E-state index in [-0.39, 0.29) is 11.3 Å². The van der Waals surface area contributed by atoms with Gasteiger partial charge in [0.1, 0.15) is 5.37 Å². The lowest BCUT2D eigenvalue weighted by Crippen LogP contribution is -2.34. The second-order valence-corrected chi connectivity index (χ2v) is 6.78.